The molecule has 0 bridgehead atoms. The number of ketones is 1. The molecule has 0 fully saturated rings. The van der Waals surface area contributed by atoms with Crippen LogP contribution >= 0.6 is 0 Å². The molecule has 17 heavy (non-hydrogen) atoms. The summed E-state index contributed by atoms with van der Waals surface area (Å²) in [6.07, 6.45) is 4.09. The fourth-order valence-electron chi connectivity index (χ4n) is 2.07. The smallest absolute Gasteiger partial charge is 0.149 e. The predicted molar refractivity (Wildman–Crippen MR) is 69.9 cm³/mol. The van der Waals surface area contributed by atoms with Gasteiger partial charge in [-0.3, -0.25) is 4.79 Å². The number of aromatic amines is 1. The van der Waals surface area contributed by atoms with Crippen LogP contribution in [0.3, 0.4) is 0 Å². The van der Waals surface area contributed by atoms with Crippen LogP contribution in [-0.4, -0.2) is 16.8 Å². The highest BCUT2D eigenvalue weighted by Crippen LogP contribution is 2.19. The lowest BCUT2D eigenvalue weighted by atomic mass is 10.0. The van der Waals surface area contributed by atoms with Gasteiger partial charge in [0.25, 0.3) is 0 Å². The van der Waals surface area contributed by atoms with E-state index >= 15 is 0 Å². The van der Waals surface area contributed by atoms with Crippen molar-refractivity contribution in [3.63, 3.8) is 0 Å². The summed E-state index contributed by atoms with van der Waals surface area (Å²) in [5.41, 5.74) is 8.20. The van der Waals surface area contributed by atoms with Gasteiger partial charge in [0, 0.05) is 23.5 Å². The van der Waals surface area contributed by atoms with E-state index < -0.39 is 0 Å². The average molecular weight is 230 g/mol. The number of carbonyl (C=O) groups is 1. The maximum Gasteiger partial charge on any atom is 0.149 e. The molecule has 0 aliphatic rings. The van der Waals surface area contributed by atoms with E-state index in [9.17, 15) is 4.79 Å². The first-order valence-corrected chi connectivity index (χ1v) is 6.05. The van der Waals surface area contributed by atoms with Crippen molar-refractivity contribution in [2.24, 2.45) is 5.73 Å². The van der Waals surface area contributed by atoms with Crippen molar-refractivity contribution >= 4 is 16.7 Å². The van der Waals surface area contributed by atoms with Gasteiger partial charge in [0.2, 0.25) is 0 Å². The second kappa shape index (κ2) is 5.15. The molecular formula is C14H18N2O. The van der Waals surface area contributed by atoms with E-state index in [1.54, 1.807) is 0 Å². The van der Waals surface area contributed by atoms with Gasteiger partial charge in [-0.1, -0.05) is 25.1 Å². The normalized spacial score (nSPS) is 12.8. The molecule has 0 spiro atoms. The van der Waals surface area contributed by atoms with Gasteiger partial charge in [0.1, 0.15) is 5.78 Å². The Hall–Kier alpha value is -1.61. The van der Waals surface area contributed by atoms with Crippen molar-refractivity contribution in [1.82, 2.24) is 4.98 Å². The molecule has 0 aliphatic carbocycles. The third kappa shape index (κ3) is 2.56. The Bertz CT molecular complexity index is 516. The second-order valence-electron chi connectivity index (χ2n) is 4.32. The molecule has 0 unspecified atom stereocenters. The molecule has 3 nitrogen and oxygen atoms in total. The molecule has 2 aromatic rings. The number of H-pyrrole nitrogens is 1. The molecule has 1 aromatic carbocycles. The Morgan fingerprint density at radius 1 is 1.41 bits per heavy atom. The number of aromatic nitrogens is 1. The minimum Gasteiger partial charge on any atom is -0.361 e. The van der Waals surface area contributed by atoms with E-state index in [-0.39, 0.29) is 11.8 Å². The molecule has 0 aliphatic heterocycles. The van der Waals surface area contributed by atoms with Crippen LogP contribution in [0.2, 0.25) is 0 Å². The van der Waals surface area contributed by atoms with Crippen molar-refractivity contribution in [3.8, 4) is 0 Å². The largest absolute Gasteiger partial charge is 0.361 e. The van der Waals surface area contributed by atoms with Gasteiger partial charge in [0.15, 0.2) is 0 Å². The van der Waals surface area contributed by atoms with Crippen LogP contribution in [0, 0.1) is 0 Å². The Morgan fingerprint density at radius 3 is 2.94 bits per heavy atom. The first-order chi connectivity index (χ1) is 8.22. The number of hydrogen-bond acceptors (Lipinski definition) is 2. The summed E-state index contributed by atoms with van der Waals surface area (Å²) >= 11 is 0. The maximum atomic E-state index is 11.4. The standard InChI is InChI=1S/C14H18N2O/c1-2-14(17)12(15)8-7-10-9-16-13-6-4-3-5-11(10)13/h3-6,9,12,16H,2,7-8,15H2,1H3/t12-/m0/s1. The molecule has 1 atom stereocenters. The zero-order valence-corrected chi connectivity index (χ0v) is 10.1. The molecule has 0 radical (unpaired) electrons. The molecule has 0 amide bonds. The number of rotatable bonds is 5. The molecule has 2 rings (SSSR count). The Balaban J connectivity index is 2.07. The lowest BCUT2D eigenvalue weighted by Crippen LogP contribution is -2.30. The van der Waals surface area contributed by atoms with E-state index in [2.05, 4.69) is 17.1 Å². The summed E-state index contributed by atoms with van der Waals surface area (Å²) in [6.45, 7) is 1.86. The number of carbonyl (C=O) groups excluding carboxylic acids is 1. The number of nitrogens with one attached hydrogen (secondary N) is 1. The zero-order valence-electron chi connectivity index (χ0n) is 10.1. The van der Waals surface area contributed by atoms with E-state index in [0.717, 1.165) is 11.9 Å². The summed E-state index contributed by atoms with van der Waals surface area (Å²) in [7, 11) is 0. The summed E-state index contributed by atoms with van der Waals surface area (Å²) in [5.74, 6) is 0.143. The molecule has 90 valence electrons. The molecule has 3 N–H and O–H groups in total. The van der Waals surface area contributed by atoms with Gasteiger partial charge in [0.05, 0.1) is 6.04 Å². The molecule has 0 saturated carbocycles. The molecular weight excluding hydrogens is 212 g/mol. The quantitative estimate of drug-likeness (QED) is 0.828. The van der Waals surface area contributed by atoms with Crippen molar-refractivity contribution in [2.75, 3.05) is 0 Å². The van der Waals surface area contributed by atoms with Gasteiger partial charge in [-0.15, -0.1) is 0 Å². The molecule has 1 aromatic heterocycles. The second-order valence-corrected chi connectivity index (χ2v) is 4.32. The third-order valence-electron chi connectivity index (χ3n) is 3.16. The van der Waals surface area contributed by atoms with Crippen molar-refractivity contribution in [2.45, 2.75) is 32.2 Å². The highest BCUT2D eigenvalue weighted by molar-refractivity contribution is 5.84. The summed E-state index contributed by atoms with van der Waals surface area (Å²) in [5, 5.41) is 1.23. The lowest BCUT2D eigenvalue weighted by Gasteiger charge is -2.08. The topological polar surface area (TPSA) is 58.9 Å². The van der Waals surface area contributed by atoms with E-state index in [0.29, 0.717) is 12.8 Å². The van der Waals surface area contributed by atoms with Crippen molar-refractivity contribution in [3.05, 3.63) is 36.0 Å². The zero-order chi connectivity index (χ0) is 12.3. The SMILES string of the molecule is CCC(=O)[C@@H](N)CCc1c[nH]c2ccccc12. The first-order valence-electron chi connectivity index (χ1n) is 6.05. The third-order valence-corrected chi connectivity index (χ3v) is 3.16. The number of benzene rings is 1. The number of hydrogen-bond donors (Lipinski definition) is 2. The van der Waals surface area contributed by atoms with Crippen LogP contribution in [0.25, 0.3) is 10.9 Å². The van der Waals surface area contributed by atoms with Crippen LogP contribution in [0.4, 0.5) is 0 Å². The Labute approximate surface area is 101 Å². The van der Waals surface area contributed by atoms with E-state index in [1.807, 2.05) is 25.3 Å². The van der Waals surface area contributed by atoms with Gasteiger partial charge in [-0.25, -0.2) is 0 Å². The fourth-order valence-corrected chi connectivity index (χ4v) is 2.07. The lowest BCUT2D eigenvalue weighted by molar-refractivity contribution is -0.120. The van der Waals surface area contributed by atoms with E-state index in [4.69, 9.17) is 5.73 Å². The van der Waals surface area contributed by atoms with Gasteiger partial charge in [-0.2, -0.15) is 0 Å². The van der Waals surface area contributed by atoms with Crippen LogP contribution in [0.1, 0.15) is 25.3 Å². The molecule has 3 heteroatoms. The van der Waals surface area contributed by atoms with Gasteiger partial charge >= 0.3 is 0 Å². The fraction of sp³-hybridized carbons (Fsp3) is 0.357. The van der Waals surface area contributed by atoms with Gasteiger partial charge in [-0.05, 0) is 24.5 Å². The predicted octanol–water partition coefficient (Wildman–Crippen LogP) is 2.41. The number of fused-ring (bicyclic) bond motifs is 1. The Kier molecular flexibility index (Phi) is 3.59. The average Bonchev–Trinajstić information content (AvgIpc) is 2.78. The van der Waals surface area contributed by atoms with Crippen LogP contribution < -0.4 is 5.73 Å². The monoisotopic (exact) mass is 230 g/mol. The van der Waals surface area contributed by atoms with Crippen LogP contribution in [0.15, 0.2) is 30.5 Å². The minimum absolute atomic E-state index is 0.143. The van der Waals surface area contributed by atoms with Crippen molar-refractivity contribution < 1.29 is 4.79 Å². The summed E-state index contributed by atoms with van der Waals surface area (Å²) in [4.78, 5) is 14.6. The van der Waals surface area contributed by atoms with Gasteiger partial charge < -0.3 is 10.7 Å². The number of nitrogens with two attached hydrogens (primary N) is 1. The maximum absolute atomic E-state index is 11.4. The van der Waals surface area contributed by atoms with Crippen LogP contribution in [-0.2, 0) is 11.2 Å². The van der Waals surface area contributed by atoms with Crippen molar-refractivity contribution in [1.29, 1.82) is 0 Å². The van der Waals surface area contributed by atoms with E-state index in [1.165, 1.54) is 10.9 Å². The first kappa shape index (κ1) is 11.9. The summed E-state index contributed by atoms with van der Waals surface area (Å²) in [6, 6.07) is 7.85. The summed E-state index contributed by atoms with van der Waals surface area (Å²) < 4.78 is 0. The molecule has 1 heterocycles. The number of Topliss-reactive ketones (excluding diaryl/α,β-unsaturated/α-hetero) is 1. The Morgan fingerprint density at radius 2 is 2.18 bits per heavy atom. The number of aryl methyl sites for hydroxylation is 1. The highest BCUT2D eigenvalue weighted by Gasteiger charge is 2.12. The number of para-hydroxylation sites is 1. The molecule has 0 saturated heterocycles. The minimum atomic E-state index is -0.325. The van der Waals surface area contributed by atoms with Crippen LogP contribution in [0.5, 0.6) is 0 Å². The highest BCUT2D eigenvalue weighted by atomic mass is 16.1.